The second-order valence-corrected chi connectivity index (χ2v) is 7.28. The van der Waals surface area contributed by atoms with Gasteiger partial charge in [0.1, 0.15) is 0 Å². The van der Waals surface area contributed by atoms with Gasteiger partial charge in [-0.05, 0) is 62.2 Å². The lowest BCUT2D eigenvalue weighted by Gasteiger charge is -2.37. The van der Waals surface area contributed by atoms with Gasteiger partial charge < -0.3 is 9.47 Å². The van der Waals surface area contributed by atoms with Gasteiger partial charge in [-0.2, -0.15) is 0 Å². The van der Waals surface area contributed by atoms with Crippen molar-refractivity contribution < 1.29 is 9.47 Å². The van der Waals surface area contributed by atoms with Gasteiger partial charge in [0.25, 0.3) is 0 Å². The van der Waals surface area contributed by atoms with E-state index >= 15 is 0 Å². The van der Waals surface area contributed by atoms with Crippen LogP contribution in [0.15, 0.2) is 0 Å². The van der Waals surface area contributed by atoms with E-state index in [1.54, 1.807) is 14.2 Å². The van der Waals surface area contributed by atoms with E-state index in [0.29, 0.717) is 0 Å². The smallest absolute Gasteiger partial charge is 0.156 e. The van der Waals surface area contributed by atoms with E-state index in [0.717, 1.165) is 30.1 Å². The van der Waals surface area contributed by atoms with Gasteiger partial charge in [-0.25, -0.2) is 0 Å². The largest absolute Gasteiger partial charge is 0.356 e. The lowest BCUT2D eigenvalue weighted by atomic mass is 9.69. The first-order valence-corrected chi connectivity index (χ1v) is 8.78. The van der Waals surface area contributed by atoms with Crippen molar-refractivity contribution in [2.45, 2.75) is 77.4 Å². The molecule has 0 bridgehead atoms. The van der Waals surface area contributed by atoms with Crippen LogP contribution in [0.25, 0.3) is 0 Å². The Morgan fingerprint density at radius 1 is 0.800 bits per heavy atom. The molecule has 0 aliphatic heterocycles. The maximum Gasteiger partial charge on any atom is 0.156 e. The molecule has 0 aromatic carbocycles. The fraction of sp³-hybridized carbons (Fsp3) is 1.00. The molecule has 0 heterocycles. The summed E-state index contributed by atoms with van der Waals surface area (Å²) in [5, 5.41) is 0. The maximum absolute atomic E-state index is 5.29. The van der Waals surface area contributed by atoms with Crippen LogP contribution in [0.5, 0.6) is 0 Å². The molecule has 0 aromatic rings. The molecule has 2 rings (SSSR count). The molecule has 0 atom stereocenters. The summed E-state index contributed by atoms with van der Waals surface area (Å²) in [6, 6.07) is 0. The molecule has 2 saturated carbocycles. The van der Waals surface area contributed by atoms with Gasteiger partial charge in [0.15, 0.2) is 6.29 Å². The molecular formula is C18H34O2. The van der Waals surface area contributed by atoms with E-state index in [-0.39, 0.29) is 6.29 Å². The third-order valence-electron chi connectivity index (χ3n) is 5.95. The second-order valence-electron chi connectivity index (χ2n) is 7.28. The lowest BCUT2D eigenvalue weighted by Crippen LogP contribution is -2.25. The van der Waals surface area contributed by atoms with Crippen LogP contribution in [-0.4, -0.2) is 20.5 Å². The molecule has 2 aliphatic carbocycles. The molecule has 2 nitrogen and oxygen atoms in total. The minimum absolute atomic E-state index is 0.00700. The third kappa shape index (κ3) is 4.73. The van der Waals surface area contributed by atoms with Gasteiger partial charge in [-0.3, -0.25) is 0 Å². The predicted molar refractivity (Wildman–Crippen MR) is 83.6 cm³/mol. The highest BCUT2D eigenvalue weighted by atomic mass is 16.7. The van der Waals surface area contributed by atoms with E-state index in [4.69, 9.17) is 9.47 Å². The SMILES string of the molecule is COC(CCC1CCC(C2CCC(C)CC2)CC1)OC. The van der Waals surface area contributed by atoms with Crippen LogP contribution >= 0.6 is 0 Å². The van der Waals surface area contributed by atoms with Crippen LogP contribution in [0.1, 0.15) is 71.1 Å². The average Bonchev–Trinajstić information content (AvgIpc) is 2.50. The molecule has 0 saturated heterocycles. The highest BCUT2D eigenvalue weighted by Gasteiger charge is 2.29. The van der Waals surface area contributed by atoms with Crippen molar-refractivity contribution in [1.82, 2.24) is 0 Å². The first-order chi connectivity index (χ1) is 9.72. The predicted octanol–water partition coefficient (Wildman–Crippen LogP) is 5.02. The Morgan fingerprint density at radius 2 is 1.30 bits per heavy atom. The Kier molecular flexibility index (Phi) is 6.83. The van der Waals surface area contributed by atoms with Gasteiger partial charge in [0, 0.05) is 14.2 Å². The zero-order chi connectivity index (χ0) is 14.4. The number of hydrogen-bond acceptors (Lipinski definition) is 2. The molecule has 0 spiro atoms. The van der Waals surface area contributed by atoms with Crippen LogP contribution in [0.2, 0.25) is 0 Å². The molecule has 0 unspecified atom stereocenters. The first kappa shape index (κ1) is 16.3. The topological polar surface area (TPSA) is 18.5 Å². The lowest BCUT2D eigenvalue weighted by molar-refractivity contribution is -0.109. The maximum atomic E-state index is 5.29. The second kappa shape index (κ2) is 8.38. The van der Waals surface area contributed by atoms with Crippen LogP contribution in [-0.2, 0) is 9.47 Å². The summed E-state index contributed by atoms with van der Waals surface area (Å²) in [7, 11) is 3.49. The summed E-state index contributed by atoms with van der Waals surface area (Å²) in [6.45, 7) is 2.43. The van der Waals surface area contributed by atoms with Crippen LogP contribution in [0.3, 0.4) is 0 Å². The molecule has 0 N–H and O–H groups in total. The minimum atomic E-state index is 0.00700. The monoisotopic (exact) mass is 282 g/mol. The van der Waals surface area contributed by atoms with Gasteiger partial charge in [0.05, 0.1) is 0 Å². The van der Waals surface area contributed by atoms with E-state index < -0.39 is 0 Å². The van der Waals surface area contributed by atoms with Gasteiger partial charge in [-0.1, -0.05) is 32.6 Å². The highest BCUT2D eigenvalue weighted by Crippen LogP contribution is 2.42. The Bertz CT molecular complexity index is 246. The van der Waals surface area contributed by atoms with Crippen LogP contribution < -0.4 is 0 Å². The van der Waals surface area contributed by atoms with Crippen molar-refractivity contribution in [3.8, 4) is 0 Å². The van der Waals surface area contributed by atoms with Crippen molar-refractivity contribution >= 4 is 0 Å². The van der Waals surface area contributed by atoms with Crippen LogP contribution in [0, 0.1) is 23.7 Å². The third-order valence-corrected chi connectivity index (χ3v) is 5.95. The van der Waals surface area contributed by atoms with Crippen molar-refractivity contribution in [1.29, 1.82) is 0 Å². The fourth-order valence-corrected chi connectivity index (χ4v) is 4.41. The molecule has 0 radical (unpaired) electrons. The summed E-state index contributed by atoms with van der Waals surface area (Å²) in [5.41, 5.74) is 0. The molecule has 118 valence electrons. The zero-order valence-electron chi connectivity index (χ0n) is 13.8. The number of hydrogen-bond donors (Lipinski definition) is 0. The summed E-state index contributed by atoms with van der Waals surface area (Å²) >= 11 is 0. The molecule has 2 aliphatic rings. The van der Waals surface area contributed by atoms with E-state index in [1.165, 1.54) is 57.8 Å². The molecule has 2 fully saturated rings. The quantitative estimate of drug-likeness (QED) is 0.637. The number of ether oxygens (including phenoxy) is 2. The summed E-state index contributed by atoms with van der Waals surface area (Å²) in [5.74, 6) is 4.00. The fourth-order valence-electron chi connectivity index (χ4n) is 4.41. The Balaban J connectivity index is 1.64. The number of rotatable bonds is 6. The Morgan fingerprint density at radius 3 is 1.80 bits per heavy atom. The average molecular weight is 282 g/mol. The van der Waals surface area contributed by atoms with Crippen molar-refractivity contribution in [3.05, 3.63) is 0 Å². The van der Waals surface area contributed by atoms with Crippen molar-refractivity contribution in [2.24, 2.45) is 23.7 Å². The Labute approximate surface area is 125 Å². The van der Waals surface area contributed by atoms with Gasteiger partial charge in [0.2, 0.25) is 0 Å². The summed E-state index contributed by atoms with van der Waals surface area (Å²) < 4.78 is 10.6. The van der Waals surface area contributed by atoms with E-state index in [1.807, 2.05) is 0 Å². The summed E-state index contributed by atoms with van der Waals surface area (Å²) in [6.07, 6.45) is 14.2. The zero-order valence-corrected chi connectivity index (χ0v) is 13.8. The van der Waals surface area contributed by atoms with Crippen LogP contribution in [0.4, 0.5) is 0 Å². The molecular weight excluding hydrogens is 248 g/mol. The highest BCUT2D eigenvalue weighted by molar-refractivity contribution is 4.81. The van der Waals surface area contributed by atoms with E-state index in [2.05, 4.69) is 6.92 Å². The normalized spacial score (nSPS) is 35.4. The van der Waals surface area contributed by atoms with Gasteiger partial charge in [-0.15, -0.1) is 0 Å². The molecule has 2 heteroatoms. The van der Waals surface area contributed by atoms with Crippen molar-refractivity contribution in [2.75, 3.05) is 14.2 Å². The van der Waals surface area contributed by atoms with Crippen molar-refractivity contribution in [3.63, 3.8) is 0 Å². The molecule has 20 heavy (non-hydrogen) atoms. The van der Waals surface area contributed by atoms with Gasteiger partial charge >= 0.3 is 0 Å². The number of methoxy groups -OCH3 is 2. The molecule has 0 amide bonds. The minimum Gasteiger partial charge on any atom is -0.356 e. The van der Waals surface area contributed by atoms with E-state index in [9.17, 15) is 0 Å². The summed E-state index contributed by atoms with van der Waals surface area (Å²) in [4.78, 5) is 0. The standard InChI is InChI=1S/C18H34O2/c1-14-4-9-16(10-5-14)17-11-6-15(7-12-17)8-13-18(19-2)20-3/h14-18H,4-13H2,1-3H3. The molecule has 0 aromatic heterocycles. The Hall–Kier alpha value is -0.0800. The first-order valence-electron chi connectivity index (χ1n) is 8.78.